The van der Waals surface area contributed by atoms with Crippen molar-refractivity contribution in [1.82, 2.24) is 4.90 Å². The average Bonchev–Trinajstić information content (AvgIpc) is 1.65. The van der Waals surface area contributed by atoms with E-state index in [2.05, 4.69) is 4.74 Å². The summed E-state index contributed by atoms with van der Waals surface area (Å²) < 4.78 is 4.30. The van der Waals surface area contributed by atoms with E-state index in [1.807, 2.05) is 0 Å². The van der Waals surface area contributed by atoms with Gasteiger partial charge in [0.15, 0.2) is 0 Å². The van der Waals surface area contributed by atoms with Gasteiger partial charge >= 0.3 is 5.97 Å². The minimum absolute atomic E-state index is 0.135. The van der Waals surface area contributed by atoms with Crippen molar-refractivity contribution >= 4 is 5.97 Å². The molecule has 0 saturated heterocycles. The molecular weight excluding hydrogens is 106 g/mol. The lowest BCUT2D eigenvalue weighted by Gasteiger charge is -2.04. The minimum atomic E-state index is -0.324. The van der Waals surface area contributed by atoms with Gasteiger partial charge in [0.25, 0.3) is 0 Å². The predicted octanol–water partition coefficient (Wildman–Crippen LogP) is -0.240. The number of carbonyl (C=O) groups is 1. The molecule has 0 spiro atoms. The van der Waals surface area contributed by atoms with Gasteiger partial charge < -0.3 is 4.74 Å². The van der Waals surface area contributed by atoms with Crippen molar-refractivity contribution in [2.45, 2.75) is 0 Å². The monoisotopic (exact) mass is 115 g/mol. The molecule has 0 aromatic heterocycles. The molecule has 0 aliphatic heterocycles. The molecule has 0 aromatic rings. The van der Waals surface area contributed by atoms with Gasteiger partial charge in [0, 0.05) is 7.05 Å². The summed E-state index contributed by atoms with van der Waals surface area (Å²) in [7, 11) is 8.02. The van der Waals surface area contributed by atoms with Crippen molar-refractivity contribution in [3.63, 3.8) is 0 Å². The van der Waals surface area contributed by atoms with E-state index in [9.17, 15) is 4.79 Å². The quantitative estimate of drug-likeness (QED) is 0.367. The second kappa shape index (κ2) is 3.43. The lowest BCUT2D eigenvalue weighted by atomic mass is 10.6. The number of nitrogens with zero attached hydrogens (tertiary/aromatic N) is 1. The molecule has 0 saturated carbocycles. The lowest BCUT2D eigenvalue weighted by Crippen LogP contribution is -2.20. The van der Waals surface area contributed by atoms with Crippen LogP contribution in [-0.2, 0) is 9.53 Å². The van der Waals surface area contributed by atoms with Crippen LogP contribution in [-0.4, -0.2) is 31.6 Å². The van der Waals surface area contributed by atoms with Crippen LogP contribution in [0, 0.1) is 7.05 Å². The van der Waals surface area contributed by atoms with Crippen molar-refractivity contribution in [3.05, 3.63) is 7.05 Å². The zero-order chi connectivity index (χ0) is 6.57. The van der Waals surface area contributed by atoms with Crippen molar-refractivity contribution in [2.75, 3.05) is 20.7 Å². The first-order valence-electron chi connectivity index (χ1n) is 2.19. The van der Waals surface area contributed by atoms with E-state index in [1.165, 1.54) is 12.0 Å². The third kappa shape index (κ3) is 3.61. The number of methoxy groups -OCH3 is 1. The van der Waals surface area contributed by atoms with Crippen LogP contribution in [0.5, 0.6) is 0 Å². The van der Waals surface area contributed by atoms with Gasteiger partial charge in [-0.2, -0.15) is 0 Å². The van der Waals surface area contributed by atoms with Crippen LogP contribution in [0.25, 0.3) is 0 Å². The maximum atomic E-state index is 10.3. The van der Waals surface area contributed by atoms with Crippen molar-refractivity contribution in [2.24, 2.45) is 0 Å². The summed E-state index contributed by atoms with van der Waals surface area (Å²) in [5.41, 5.74) is 0. The highest BCUT2D eigenvalue weighted by atomic mass is 16.5. The molecular formula is C5H9NO2. The number of hydrogen-bond acceptors (Lipinski definition) is 3. The Morgan fingerprint density at radius 1 is 1.88 bits per heavy atom. The first kappa shape index (κ1) is 7.43. The summed E-state index contributed by atoms with van der Waals surface area (Å²) in [5.74, 6) is -0.324. The average molecular weight is 115 g/mol. The zero-order valence-corrected chi connectivity index (χ0v) is 5.05. The van der Waals surface area contributed by atoms with Gasteiger partial charge in [-0.15, -0.1) is 0 Å². The van der Waals surface area contributed by atoms with Gasteiger partial charge in [0.1, 0.15) is 0 Å². The van der Waals surface area contributed by atoms with Crippen LogP contribution in [0.15, 0.2) is 0 Å². The molecule has 0 N–H and O–H groups in total. The van der Waals surface area contributed by atoms with Crippen molar-refractivity contribution in [3.8, 4) is 0 Å². The molecule has 3 heteroatoms. The van der Waals surface area contributed by atoms with Crippen LogP contribution >= 0.6 is 0 Å². The van der Waals surface area contributed by atoms with E-state index >= 15 is 0 Å². The molecule has 0 amide bonds. The largest absolute Gasteiger partial charge is 0.468 e. The molecule has 8 heavy (non-hydrogen) atoms. The number of likely N-dealkylation sites (N-methyl/N-ethyl adjacent to an activating group) is 1. The first-order chi connectivity index (χ1) is 3.66. The van der Waals surface area contributed by atoms with Gasteiger partial charge in [0.05, 0.1) is 13.7 Å². The highest BCUT2D eigenvalue weighted by molar-refractivity contribution is 5.71. The Morgan fingerprint density at radius 3 is 2.50 bits per heavy atom. The molecule has 0 aliphatic carbocycles. The van der Waals surface area contributed by atoms with Gasteiger partial charge in [-0.05, 0) is 7.05 Å². The molecule has 3 nitrogen and oxygen atoms in total. The van der Waals surface area contributed by atoms with Crippen molar-refractivity contribution < 1.29 is 9.53 Å². The smallest absolute Gasteiger partial charge is 0.319 e. The normalized spacial score (nSPS) is 9.50. The van der Waals surface area contributed by atoms with Crippen molar-refractivity contribution in [1.29, 1.82) is 0 Å². The van der Waals surface area contributed by atoms with Crippen LogP contribution in [0.1, 0.15) is 0 Å². The molecule has 0 aromatic carbocycles. The second-order valence-corrected chi connectivity index (χ2v) is 1.49. The van der Waals surface area contributed by atoms with Crippen LogP contribution < -0.4 is 0 Å². The summed E-state index contributed by atoms with van der Waals surface area (Å²) in [6, 6.07) is 0. The number of esters is 1. The summed E-state index contributed by atoms with van der Waals surface area (Å²) >= 11 is 0. The Hall–Kier alpha value is -0.570. The Kier molecular flexibility index (Phi) is 3.19. The summed E-state index contributed by atoms with van der Waals surface area (Å²) in [5, 5.41) is 0. The molecule has 0 fully saturated rings. The predicted molar refractivity (Wildman–Crippen MR) is 28.9 cm³/mol. The summed E-state index contributed by atoms with van der Waals surface area (Å²) in [6.07, 6.45) is 0. The van der Waals surface area contributed by atoms with E-state index in [0.29, 0.717) is 0 Å². The van der Waals surface area contributed by atoms with Gasteiger partial charge in [-0.1, -0.05) is 0 Å². The molecule has 0 bridgehead atoms. The first-order valence-corrected chi connectivity index (χ1v) is 2.19. The molecule has 2 radical (unpaired) electrons. The topological polar surface area (TPSA) is 29.5 Å². The second-order valence-electron chi connectivity index (χ2n) is 1.49. The Bertz CT molecular complexity index is 80.5. The van der Waals surface area contributed by atoms with Crippen LogP contribution in [0.2, 0.25) is 0 Å². The molecule has 0 unspecified atom stereocenters. The SMILES string of the molecule is [CH]N(C)CC(=O)OC. The highest BCUT2D eigenvalue weighted by Gasteiger charge is 1.99. The molecule has 0 rings (SSSR count). The Labute approximate surface area is 49.2 Å². The number of carbonyl (C=O) groups excluding carboxylic acids is 1. The van der Waals surface area contributed by atoms with E-state index in [-0.39, 0.29) is 12.5 Å². The van der Waals surface area contributed by atoms with Crippen LogP contribution in [0.3, 0.4) is 0 Å². The fraction of sp³-hybridized carbons (Fsp3) is 0.600. The summed E-state index contributed by atoms with van der Waals surface area (Å²) in [6.45, 7) is 0.135. The summed E-state index contributed by atoms with van der Waals surface area (Å²) in [4.78, 5) is 11.5. The lowest BCUT2D eigenvalue weighted by molar-refractivity contribution is -0.141. The molecule has 0 aliphatic rings. The molecule has 46 valence electrons. The van der Waals surface area contributed by atoms with Gasteiger partial charge in [-0.25, -0.2) is 0 Å². The minimum Gasteiger partial charge on any atom is -0.468 e. The molecule has 0 heterocycles. The van der Waals surface area contributed by atoms with E-state index in [1.54, 1.807) is 7.05 Å². The van der Waals surface area contributed by atoms with Gasteiger partial charge in [0.2, 0.25) is 0 Å². The number of rotatable bonds is 2. The van der Waals surface area contributed by atoms with Gasteiger partial charge in [-0.3, -0.25) is 9.69 Å². The Balaban J connectivity index is 3.25. The third-order valence-corrected chi connectivity index (χ3v) is 0.606. The van der Waals surface area contributed by atoms with E-state index in [4.69, 9.17) is 7.05 Å². The number of hydrogen-bond donors (Lipinski definition) is 0. The van der Waals surface area contributed by atoms with Crippen LogP contribution in [0.4, 0.5) is 0 Å². The third-order valence-electron chi connectivity index (χ3n) is 0.606. The maximum absolute atomic E-state index is 10.3. The highest BCUT2D eigenvalue weighted by Crippen LogP contribution is 1.77. The fourth-order valence-electron chi connectivity index (χ4n) is 0.268. The standard InChI is InChI=1S/C5H9NO2/c1-6(2)4-5(7)8-3/h1H,4H2,2-3H3. The molecule has 0 atom stereocenters. The zero-order valence-electron chi connectivity index (χ0n) is 5.05. The Morgan fingerprint density at radius 2 is 2.38 bits per heavy atom. The fourth-order valence-corrected chi connectivity index (χ4v) is 0.268. The van der Waals surface area contributed by atoms with E-state index < -0.39 is 0 Å². The maximum Gasteiger partial charge on any atom is 0.319 e. The van der Waals surface area contributed by atoms with E-state index in [0.717, 1.165) is 0 Å². The number of ether oxygens (including phenoxy) is 1.